The predicted molar refractivity (Wildman–Crippen MR) is 106 cm³/mol. The molecule has 1 aliphatic rings. The number of piperidine rings is 1. The minimum Gasteiger partial charge on any atom is -0.356 e. The average molecular weight is 362 g/mol. The van der Waals surface area contributed by atoms with Crippen LogP contribution in [0, 0.1) is 6.92 Å². The molecule has 0 aliphatic carbocycles. The third-order valence-electron chi connectivity index (χ3n) is 5.25. The van der Waals surface area contributed by atoms with Crippen LogP contribution < -0.4 is 4.90 Å². The van der Waals surface area contributed by atoms with E-state index in [1.54, 1.807) is 0 Å². The van der Waals surface area contributed by atoms with Crippen LogP contribution in [0.1, 0.15) is 48.5 Å². The van der Waals surface area contributed by atoms with E-state index in [0.29, 0.717) is 5.92 Å². The number of hydrogen-bond donors (Lipinski definition) is 0. The first-order valence-electron chi connectivity index (χ1n) is 9.72. The minimum atomic E-state index is 0.408. The van der Waals surface area contributed by atoms with Crippen LogP contribution in [0.2, 0.25) is 0 Å². The lowest BCUT2D eigenvalue weighted by molar-refractivity contribution is 0.473. The van der Waals surface area contributed by atoms with Crippen molar-refractivity contribution in [3.05, 3.63) is 65.9 Å². The van der Waals surface area contributed by atoms with Crippen molar-refractivity contribution >= 4 is 5.82 Å². The first kappa shape index (κ1) is 17.6. The summed E-state index contributed by atoms with van der Waals surface area (Å²) in [6.45, 7) is 6.94. The molecular formula is C21H26N6. The second kappa shape index (κ2) is 7.86. The van der Waals surface area contributed by atoms with E-state index in [9.17, 15) is 0 Å². The van der Waals surface area contributed by atoms with E-state index in [4.69, 9.17) is 9.97 Å². The molecule has 1 atom stereocenters. The van der Waals surface area contributed by atoms with E-state index in [-0.39, 0.29) is 0 Å². The maximum atomic E-state index is 4.75. The summed E-state index contributed by atoms with van der Waals surface area (Å²) in [5, 5.41) is 0. The van der Waals surface area contributed by atoms with Gasteiger partial charge in [-0.1, -0.05) is 13.0 Å². The third kappa shape index (κ3) is 3.84. The molecule has 6 nitrogen and oxygen atoms in total. The molecule has 3 aromatic heterocycles. The molecule has 0 bridgehead atoms. The highest BCUT2D eigenvalue weighted by Crippen LogP contribution is 2.30. The zero-order valence-corrected chi connectivity index (χ0v) is 16.0. The number of hydrogen-bond acceptors (Lipinski definition) is 5. The molecule has 0 radical (unpaired) electrons. The summed E-state index contributed by atoms with van der Waals surface area (Å²) < 4.78 is 2.26. The fourth-order valence-electron chi connectivity index (χ4n) is 3.89. The summed E-state index contributed by atoms with van der Waals surface area (Å²) in [6.07, 6.45) is 13.0. The van der Waals surface area contributed by atoms with Gasteiger partial charge < -0.3 is 9.47 Å². The maximum Gasteiger partial charge on any atom is 0.135 e. The third-order valence-corrected chi connectivity index (χ3v) is 5.25. The van der Waals surface area contributed by atoms with E-state index >= 15 is 0 Å². The molecule has 3 aromatic rings. The molecule has 140 valence electrons. The van der Waals surface area contributed by atoms with Crippen LogP contribution in [-0.2, 0) is 13.0 Å². The molecule has 1 aliphatic heterocycles. The second-order valence-corrected chi connectivity index (χ2v) is 7.18. The van der Waals surface area contributed by atoms with Crippen LogP contribution in [0.4, 0.5) is 5.82 Å². The summed E-state index contributed by atoms with van der Waals surface area (Å²) in [5.74, 6) is 3.50. The predicted octanol–water partition coefficient (Wildman–Crippen LogP) is 3.37. The van der Waals surface area contributed by atoms with Crippen LogP contribution in [0.25, 0.3) is 0 Å². The van der Waals surface area contributed by atoms with Gasteiger partial charge >= 0.3 is 0 Å². The Balaban J connectivity index is 1.56. The topological polar surface area (TPSA) is 59.7 Å². The van der Waals surface area contributed by atoms with Gasteiger partial charge in [-0.25, -0.2) is 15.0 Å². The Morgan fingerprint density at radius 1 is 1.19 bits per heavy atom. The SMILES string of the molecule is CCc1cnc(C)nc1N1CCC[C@H](c2nccn2Cc2cccnc2)C1. The first-order valence-corrected chi connectivity index (χ1v) is 9.72. The highest BCUT2D eigenvalue weighted by atomic mass is 15.2. The van der Waals surface area contributed by atoms with E-state index < -0.39 is 0 Å². The average Bonchev–Trinajstić information content (AvgIpc) is 3.17. The Bertz CT molecular complexity index is 889. The van der Waals surface area contributed by atoms with Crippen molar-refractivity contribution in [2.45, 2.75) is 45.6 Å². The largest absolute Gasteiger partial charge is 0.356 e. The fourth-order valence-corrected chi connectivity index (χ4v) is 3.89. The van der Waals surface area contributed by atoms with Crippen LogP contribution in [0.3, 0.4) is 0 Å². The Morgan fingerprint density at radius 2 is 2.11 bits per heavy atom. The van der Waals surface area contributed by atoms with Gasteiger partial charge in [-0.15, -0.1) is 0 Å². The van der Waals surface area contributed by atoms with Crippen molar-refractivity contribution in [3.63, 3.8) is 0 Å². The molecule has 0 amide bonds. The van der Waals surface area contributed by atoms with Gasteiger partial charge in [0.2, 0.25) is 0 Å². The lowest BCUT2D eigenvalue weighted by atomic mass is 9.96. The van der Waals surface area contributed by atoms with Crippen LogP contribution >= 0.6 is 0 Å². The molecule has 0 unspecified atom stereocenters. The van der Waals surface area contributed by atoms with Gasteiger partial charge in [0.25, 0.3) is 0 Å². The van der Waals surface area contributed by atoms with Crippen molar-refractivity contribution < 1.29 is 0 Å². The van der Waals surface area contributed by atoms with E-state index in [0.717, 1.165) is 56.4 Å². The number of aryl methyl sites for hydroxylation is 2. The zero-order chi connectivity index (χ0) is 18.6. The van der Waals surface area contributed by atoms with Crippen LogP contribution in [0.5, 0.6) is 0 Å². The van der Waals surface area contributed by atoms with Crippen molar-refractivity contribution in [2.75, 3.05) is 18.0 Å². The molecule has 0 saturated carbocycles. The molecule has 6 heteroatoms. The van der Waals surface area contributed by atoms with Crippen LogP contribution in [-0.4, -0.2) is 37.6 Å². The van der Waals surface area contributed by atoms with Crippen LogP contribution in [0.15, 0.2) is 43.1 Å². The van der Waals surface area contributed by atoms with Crippen molar-refractivity contribution in [1.82, 2.24) is 24.5 Å². The molecule has 27 heavy (non-hydrogen) atoms. The van der Waals surface area contributed by atoms with E-state index in [1.165, 1.54) is 11.1 Å². The summed E-state index contributed by atoms with van der Waals surface area (Å²) in [5.41, 5.74) is 2.42. The van der Waals surface area contributed by atoms with Gasteiger partial charge in [0.05, 0.1) is 6.54 Å². The van der Waals surface area contributed by atoms with Crippen molar-refractivity contribution in [1.29, 1.82) is 0 Å². The number of nitrogens with zero attached hydrogens (tertiary/aromatic N) is 6. The van der Waals surface area contributed by atoms with Crippen molar-refractivity contribution in [2.24, 2.45) is 0 Å². The lowest BCUT2D eigenvalue weighted by Crippen LogP contribution is -2.36. The number of pyridine rings is 1. The zero-order valence-electron chi connectivity index (χ0n) is 16.0. The number of aromatic nitrogens is 5. The molecule has 0 spiro atoms. The van der Waals surface area contributed by atoms with Gasteiger partial charge in [0.15, 0.2) is 0 Å². The standard InChI is InChI=1S/C21H26N6/c1-3-18-13-24-16(2)25-21(18)26-10-5-7-19(15-26)20-23-9-11-27(20)14-17-6-4-8-22-12-17/h4,6,8-9,11-13,19H,3,5,7,10,14-15H2,1-2H3/t19-/m0/s1. The first-order chi connectivity index (χ1) is 13.2. The lowest BCUT2D eigenvalue weighted by Gasteiger charge is -2.34. The number of rotatable bonds is 5. The maximum absolute atomic E-state index is 4.75. The Labute approximate surface area is 160 Å². The summed E-state index contributed by atoms with van der Waals surface area (Å²) in [4.78, 5) is 20.5. The molecule has 1 saturated heterocycles. The van der Waals surface area contributed by atoms with Crippen molar-refractivity contribution in [3.8, 4) is 0 Å². The normalized spacial score (nSPS) is 17.3. The quantitative estimate of drug-likeness (QED) is 0.696. The van der Waals surface area contributed by atoms with Gasteiger partial charge in [0.1, 0.15) is 17.5 Å². The summed E-state index contributed by atoms with van der Waals surface area (Å²) in [6, 6.07) is 4.10. The monoisotopic (exact) mass is 362 g/mol. The van der Waals surface area contributed by atoms with E-state index in [2.05, 4.69) is 38.6 Å². The minimum absolute atomic E-state index is 0.408. The molecular weight excluding hydrogens is 336 g/mol. The van der Waals surface area contributed by atoms with Gasteiger partial charge in [0, 0.05) is 55.6 Å². The molecule has 1 fully saturated rings. The number of imidazole rings is 1. The fraction of sp³-hybridized carbons (Fsp3) is 0.429. The highest BCUT2D eigenvalue weighted by Gasteiger charge is 2.26. The Hall–Kier alpha value is -2.76. The summed E-state index contributed by atoms with van der Waals surface area (Å²) >= 11 is 0. The Morgan fingerprint density at radius 3 is 2.93 bits per heavy atom. The molecule has 4 rings (SSSR count). The molecule has 4 heterocycles. The molecule has 0 N–H and O–H groups in total. The highest BCUT2D eigenvalue weighted by molar-refractivity contribution is 5.47. The van der Waals surface area contributed by atoms with E-state index in [1.807, 2.05) is 37.8 Å². The molecule has 0 aromatic carbocycles. The van der Waals surface area contributed by atoms with Gasteiger partial charge in [-0.3, -0.25) is 4.98 Å². The number of anilines is 1. The van der Waals surface area contributed by atoms with Gasteiger partial charge in [-0.05, 0) is 37.8 Å². The second-order valence-electron chi connectivity index (χ2n) is 7.18. The van der Waals surface area contributed by atoms with Gasteiger partial charge in [-0.2, -0.15) is 0 Å². The Kier molecular flexibility index (Phi) is 5.14. The summed E-state index contributed by atoms with van der Waals surface area (Å²) in [7, 11) is 0. The smallest absolute Gasteiger partial charge is 0.135 e.